The third-order valence-electron chi connectivity index (χ3n) is 3.80. The van der Waals surface area contributed by atoms with Crippen molar-refractivity contribution in [1.82, 2.24) is 10.2 Å². The van der Waals surface area contributed by atoms with Crippen LogP contribution in [0.3, 0.4) is 0 Å². The Kier molecular flexibility index (Phi) is 3.14. The standard InChI is InChI=1S/C16H16N2O2/c1-11-16(20)17-9-15(19)18(11)10-13-7-4-6-12-5-2-3-8-14(12)13/h2-8,11H,9-10H2,1H3,(H,17,20). The summed E-state index contributed by atoms with van der Waals surface area (Å²) in [6.07, 6.45) is 0. The Morgan fingerprint density at radius 2 is 1.90 bits per heavy atom. The highest BCUT2D eigenvalue weighted by atomic mass is 16.2. The van der Waals surface area contributed by atoms with E-state index in [4.69, 9.17) is 0 Å². The highest BCUT2D eigenvalue weighted by molar-refractivity contribution is 5.95. The van der Waals surface area contributed by atoms with Gasteiger partial charge in [-0.1, -0.05) is 42.5 Å². The summed E-state index contributed by atoms with van der Waals surface area (Å²) in [7, 11) is 0. The minimum Gasteiger partial charge on any atom is -0.345 e. The molecule has 1 N–H and O–H groups in total. The highest BCUT2D eigenvalue weighted by Crippen LogP contribution is 2.21. The summed E-state index contributed by atoms with van der Waals surface area (Å²) < 4.78 is 0. The van der Waals surface area contributed by atoms with Gasteiger partial charge in [0.05, 0.1) is 6.54 Å². The van der Waals surface area contributed by atoms with Gasteiger partial charge in [-0.2, -0.15) is 0 Å². The molecule has 1 saturated heterocycles. The Bertz CT molecular complexity index is 676. The molecule has 0 spiro atoms. The van der Waals surface area contributed by atoms with E-state index in [1.807, 2.05) is 42.5 Å². The summed E-state index contributed by atoms with van der Waals surface area (Å²) in [6, 6.07) is 13.7. The van der Waals surface area contributed by atoms with E-state index in [1.165, 1.54) is 0 Å². The van der Waals surface area contributed by atoms with Gasteiger partial charge in [-0.05, 0) is 23.3 Å². The summed E-state index contributed by atoms with van der Waals surface area (Å²) >= 11 is 0. The van der Waals surface area contributed by atoms with Crippen molar-refractivity contribution in [3.05, 3.63) is 48.0 Å². The molecule has 20 heavy (non-hydrogen) atoms. The van der Waals surface area contributed by atoms with Crippen molar-refractivity contribution in [2.75, 3.05) is 6.54 Å². The zero-order valence-electron chi connectivity index (χ0n) is 11.3. The van der Waals surface area contributed by atoms with Crippen LogP contribution in [0.2, 0.25) is 0 Å². The van der Waals surface area contributed by atoms with E-state index in [1.54, 1.807) is 11.8 Å². The molecule has 0 bridgehead atoms. The van der Waals surface area contributed by atoms with Crippen LogP contribution in [0.4, 0.5) is 0 Å². The van der Waals surface area contributed by atoms with Gasteiger partial charge in [0, 0.05) is 6.54 Å². The van der Waals surface area contributed by atoms with Gasteiger partial charge in [0.2, 0.25) is 11.8 Å². The Labute approximate surface area is 117 Å². The molecule has 1 heterocycles. The molecule has 4 heteroatoms. The zero-order chi connectivity index (χ0) is 14.1. The maximum absolute atomic E-state index is 12.0. The van der Waals surface area contributed by atoms with Crippen LogP contribution < -0.4 is 5.32 Å². The van der Waals surface area contributed by atoms with Gasteiger partial charge in [0.15, 0.2) is 0 Å². The number of carbonyl (C=O) groups excluding carboxylic acids is 2. The van der Waals surface area contributed by atoms with Crippen LogP contribution in [-0.2, 0) is 16.1 Å². The molecule has 1 atom stereocenters. The fourth-order valence-corrected chi connectivity index (χ4v) is 2.61. The van der Waals surface area contributed by atoms with Gasteiger partial charge in [-0.3, -0.25) is 9.59 Å². The maximum atomic E-state index is 12.0. The summed E-state index contributed by atoms with van der Waals surface area (Å²) in [4.78, 5) is 25.3. The van der Waals surface area contributed by atoms with Crippen LogP contribution in [-0.4, -0.2) is 29.3 Å². The first-order valence-electron chi connectivity index (χ1n) is 6.70. The van der Waals surface area contributed by atoms with Gasteiger partial charge in [0.1, 0.15) is 6.04 Å². The van der Waals surface area contributed by atoms with E-state index in [0.29, 0.717) is 6.54 Å². The molecule has 1 aliphatic heterocycles. The van der Waals surface area contributed by atoms with Crippen LogP contribution >= 0.6 is 0 Å². The van der Waals surface area contributed by atoms with Crippen LogP contribution in [0.5, 0.6) is 0 Å². The average molecular weight is 268 g/mol. The number of piperazine rings is 1. The smallest absolute Gasteiger partial charge is 0.242 e. The molecule has 2 aromatic rings. The number of hydrogen-bond donors (Lipinski definition) is 1. The van der Waals surface area contributed by atoms with E-state index in [0.717, 1.165) is 16.3 Å². The number of nitrogens with zero attached hydrogens (tertiary/aromatic N) is 1. The molecular weight excluding hydrogens is 252 g/mol. The second-order valence-electron chi connectivity index (χ2n) is 5.05. The highest BCUT2D eigenvalue weighted by Gasteiger charge is 2.30. The Morgan fingerprint density at radius 3 is 2.75 bits per heavy atom. The number of rotatable bonds is 2. The van der Waals surface area contributed by atoms with Gasteiger partial charge in [0.25, 0.3) is 0 Å². The zero-order valence-corrected chi connectivity index (χ0v) is 11.3. The molecule has 0 saturated carbocycles. The number of hydrogen-bond acceptors (Lipinski definition) is 2. The van der Waals surface area contributed by atoms with Crippen molar-refractivity contribution in [3.63, 3.8) is 0 Å². The monoisotopic (exact) mass is 268 g/mol. The van der Waals surface area contributed by atoms with Gasteiger partial charge in [-0.25, -0.2) is 0 Å². The molecule has 2 amide bonds. The lowest BCUT2D eigenvalue weighted by Crippen LogP contribution is -2.56. The van der Waals surface area contributed by atoms with Crippen molar-refractivity contribution in [1.29, 1.82) is 0 Å². The number of fused-ring (bicyclic) bond motifs is 1. The van der Waals surface area contributed by atoms with Crippen molar-refractivity contribution in [3.8, 4) is 0 Å². The molecule has 1 fully saturated rings. The lowest BCUT2D eigenvalue weighted by molar-refractivity contribution is -0.145. The summed E-state index contributed by atoms with van der Waals surface area (Å²) in [5, 5.41) is 4.88. The molecular formula is C16H16N2O2. The third-order valence-corrected chi connectivity index (χ3v) is 3.80. The van der Waals surface area contributed by atoms with Gasteiger partial charge >= 0.3 is 0 Å². The molecule has 2 aromatic carbocycles. The van der Waals surface area contributed by atoms with Crippen LogP contribution in [0.25, 0.3) is 10.8 Å². The summed E-state index contributed by atoms with van der Waals surface area (Å²) in [6.45, 7) is 2.32. The third kappa shape index (κ3) is 2.13. The minimum absolute atomic E-state index is 0.0370. The van der Waals surface area contributed by atoms with Crippen LogP contribution in [0.15, 0.2) is 42.5 Å². The molecule has 4 nitrogen and oxygen atoms in total. The number of amides is 2. The second-order valence-corrected chi connectivity index (χ2v) is 5.05. The van der Waals surface area contributed by atoms with Gasteiger partial charge < -0.3 is 10.2 Å². The SMILES string of the molecule is CC1C(=O)NCC(=O)N1Cc1cccc2ccccc12. The van der Waals surface area contributed by atoms with E-state index in [2.05, 4.69) is 5.32 Å². The quantitative estimate of drug-likeness (QED) is 0.901. The van der Waals surface area contributed by atoms with Gasteiger partial charge in [-0.15, -0.1) is 0 Å². The Balaban J connectivity index is 1.96. The first-order valence-corrected chi connectivity index (χ1v) is 6.70. The number of benzene rings is 2. The molecule has 1 aliphatic rings. The fraction of sp³-hybridized carbons (Fsp3) is 0.250. The fourth-order valence-electron chi connectivity index (χ4n) is 2.61. The lowest BCUT2D eigenvalue weighted by Gasteiger charge is -2.33. The van der Waals surface area contributed by atoms with Crippen LogP contribution in [0, 0.1) is 0 Å². The first-order chi connectivity index (χ1) is 9.66. The van der Waals surface area contributed by atoms with Crippen molar-refractivity contribution in [2.24, 2.45) is 0 Å². The molecule has 0 aromatic heterocycles. The predicted octanol–water partition coefficient (Wildman–Crippen LogP) is 1.69. The largest absolute Gasteiger partial charge is 0.345 e. The predicted molar refractivity (Wildman–Crippen MR) is 77.0 cm³/mol. The molecule has 3 rings (SSSR count). The Morgan fingerprint density at radius 1 is 1.15 bits per heavy atom. The average Bonchev–Trinajstić information content (AvgIpc) is 2.48. The lowest BCUT2D eigenvalue weighted by atomic mass is 10.0. The normalized spacial score (nSPS) is 19.2. The van der Waals surface area contributed by atoms with E-state index < -0.39 is 6.04 Å². The second kappa shape index (κ2) is 4.96. The number of carbonyl (C=O) groups is 2. The Hall–Kier alpha value is -2.36. The van der Waals surface area contributed by atoms with E-state index >= 15 is 0 Å². The number of nitrogens with one attached hydrogen (secondary N) is 1. The van der Waals surface area contributed by atoms with E-state index in [9.17, 15) is 9.59 Å². The van der Waals surface area contributed by atoms with E-state index in [-0.39, 0.29) is 18.4 Å². The van der Waals surface area contributed by atoms with Crippen LogP contribution in [0.1, 0.15) is 12.5 Å². The first kappa shape index (κ1) is 12.7. The maximum Gasteiger partial charge on any atom is 0.242 e. The molecule has 102 valence electrons. The minimum atomic E-state index is -0.421. The molecule has 1 unspecified atom stereocenters. The molecule has 0 aliphatic carbocycles. The topological polar surface area (TPSA) is 49.4 Å². The summed E-state index contributed by atoms with van der Waals surface area (Å²) in [5.41, 5.74) is 1.07. The molecule has 0 radical (unpaired) electrons. The van der Waals surface area contributed by atoms with Crippen molar-refractivity contribution >= 4 is 22.6 Å². The summed E-state index contributed by atoms with van der Waals surface area (Å²) in [5.74, 6) is -0.130. The van der Waals surface area contributed by atoms with Crippen molar-refractivity contribution in [2.45, 2.75) is 19.5 Å². The van der Waals surface area contributed by atoms with Crippen molar-refractivity contribution < 1.29 is 9.59 Å².